The highest BCUT2D eigenvalue weighted by Crippen LogP contribution is 2.08. The number of alkyl carbamates (subject to hydrolysis) is 1. The van der Waals surface area contributed by atoms with Gasteiger partial charge < -0.3 is 20.3 Å². The molecule has 100 valence electrons. The predicted molar refractivity (Wildman–Crippen MR) is 61.7 cm³/mol. The van der Waals surface area contributed by atoms with Gasteiger partial charge in [-0.3, -0.25) is 0 Å². The first-order valence-corrected chi connectivity index (χ1v) is 5.56. The van der Waals surface area contributed by atoms with E-state index in [1.54, 1.807) is 27.7 Å². The lowest BCUT2D eigenvalue weighted by atomic mass is 10.1. The van der Waals surface area contributed by atoms with Crippen molar-refractivity contribution >= 4 is 12.1 Å². The average molecular weight is 247 g/mol. The zero-order chi connectivity index (χ0) is 13.6. The monoisotopic (exact) mass is 247 g/mol. The number of aliphatic carboxylic acids is 1. The lowest BCUT2D eigenvalue weighted by molar-refractivity contribution is -0.140. The van der Waals surface area contributed by atoms with Gasteiger partial charge in [0.25, 0.3) is 0 Å². The largest absolute Gasteiger partial charge is 0.480 e. The molecule has 0 saturated heterocycles. The Kier molecular flexibility index (Phi) is 5.95. The van der Waals surface area contributed by atoms with Crippen LogP contribution < -0.4 is 5.32 Å². The fourth-order valence-electron chi connectivity index (χ4n) is 1.11. The molecule has 0 aromatic rings. The minimum atomic E-state index is -1.19. The molecular weight excluding hydrogens is 226 g/mol. The number of carbonyl (C=O) groups excluding carboxylic acids is 1. The zero-order valence-corrected chi connectivity index (χ0v) is 10.7. The van der Waals surface area contributed by atoms with Crippen LogP contribution >= 0.6 is 0 Å². The molecule has 6 nitrogen and oxygen atoms in total. The van der Waals surface area contributed by atoms with Gasteiger partial charge in [-0.2, -0.15) is 0 Å². The van der Waals surface area contributed by atoms with Crippen LogP contribution in [0.15, 0.2) is 0 Å². The number of rotatable bonds is 5. The van der Waals surface area contributed by atoms with Gasteiger partial charge in [0, 0.05) is 6.42 Å². The summed E-state index contributed by atoms with van der Waals surface area (Å²) in [5.74, 6) is -1.19. The Morgan fingerprint density at radius 1 is 1.35 bits per heavy atom. The first kappa shape index (κ1) is 15.7. The molecule has 6 heteroatoms. The van der Waals surface area contributed by atoms with Crippen molar-refractivity contribution in [2.45, 2.75) is 58.3 Å². The van der Waals surface area contributed by atoms with Gasteiger partial charge >= 0.3 is 12.1 Å². The molecule has 1 amide bonds. The summed E-state index contributed by atoms with van der Waals surface area (Å²) in [7, 11) is 0. The molecule has 0 radical (unpaired) electrons. The second kappa shape index (κ2) is 6.44. The highest BCUT2D eigenvalue weighted by molar-refractivity contribution is 5.80. The summed E-state index contributed by atoms with van der Waals surface area (Å²) in [5, 5.41) is 20.5. The molecule has 0 rings (SSSR count). The Balaban J connectivity index is 4.35. The van der Waals surface area contributed by atoms with Gasteiger partial charge in [-0.25, -0.2) is 9.59 Å². The van der Waals surface area contributed by atoms with Crippen molar-refractivity contribution in [3.8, 4) is 0 Å². The molecule has 17 heavy (non-hydrogen) atoms. The first-order chi connectivity index (χ1) is 7.65. The van der Waals surface area contributed by atoms with Crippen LogP contribution in [0.2, 0.25) is 0 Å². The van der Waals surface area contributed by atoms with Gasteiger partial charge in [0.1, 0.15) is 11.6 Å². The van der Waals surface area contributed by atoms with Crippen molar-refractivity contribution in [2.24, 2.45) is 0 Å². The number of carboxylic acids is 1. The van der Waals surface area contributed by atoms with E-state index in [4.69, 9.17) is 9.84 Å². The van der Waals surface area contributed by atoms with E-state index >= 15 is 0 Å². The van der Waals surface area contributed by atoms with E-state index in [0.717, 1.165) is 0 Å². The summed E-state index contributed by atoms with van der Waals surface area (Å²) < 4.78 is 4.94. The Morgan fingerprint density at radius 3 is 2.24 bits per heavy atom. The summed E-state index contributed by atoms with van der Waals surface area (Å²) in [6.07, 6.45) is -1.16. The molecule has 0 aliphatic rings. The van der Waals surface area contributed by atoms with Gasteiger partial charge in [0.2, 0.25) is 0 Å². The molecule has 0 spiro atoms. The van der Waals surface area contributed by atoms with Crippen LogP contribution in [0.1, 0.15) is 40.5 Å². The third kappa shape index (κ3) is 7.57. The molecule has 3 N–H and O–H groups in total. The predicted octanol–water partition coefficient (Wildman–Crippen LogP) is 1.13. The lowest BCUT2D eigenvalue weighted by Gasteiger charge is -2.22. The number of hydrogen-bond donors (Lipinski definition) is 3. The normalized spacial score (nSPS) is 14.9. The summed E-state index contributed by atoms with van der Waals surface area (Å²) >= 11 is 0. The van der Waals surface area contributed by atoms with Crippen molar-refractivity contribution in [2.75, 3.05) is 0 Å². The number of carbonyl (C=O) groups is 2. The van der Waals surface area contributed by atoms with Crippen LogP contribution in [0, 0.1) is 0 Å². The standard InChI is InChI=1S/C11H21NO5/c1-5-7(13)6-8(9(14)15)12-10(16)17-11(2,3)4/h7-8,13H,5-6H2,1-4H3,(H,12,16)(H,14,15). The second-order valence-corrected chi connectivity index (χ2v) is 4.83. The number of aliphatic hydroxyl groups excluding tert-OH is 1. The molecule has 0 aliphatic heterocycles. The Morgan fingerprint density at radius 2 is 1.88 bits per heavy atom. The van der Waals surface area contributed by atoms with Crippen LogP contribution in [-0.2, 0) is 9.53 Å². The Bertz CT molecular complexity index is 272. The number of hydrogen-bond acceptors (Lipinski definition) is 4. The number of amides is 1. The third-order valence-corrected chi connectivity index (χ3v) is 1.97. The summed E-state index contributed by atoms with van der Waals surface area (Å²) in [4.78, 5) is 22.2. The molecule has 2 unspecified atom stereocenters. The molecular formula is C11H21NO5. The van der Waals surface area contributed by atoms with E-state index in [2.05, 4.69) is 5.32 Å². The fraction of sp³-hybridized carbons (Fsp3) is 0.818. The summed E-state index contributed by atoms with van der Waals surface area (Å²) in [6, 6.07) is -1.14. The second-order valence-electron chi connectivity index (χ2n) is 4.83. The van der Waals surface area contributed by atoms with E-state index < -0.39 is 29.8 Å². The maximum atomic E-state index is 11.4. The van der Waals surface area contributed by atoms with Gasteiger partial charge in [-0.05, 0) is 27.2 Å². The molecule has 0 bridgehead atoms. The Labute approximate surface area is 101 Å². The highest BCUT2D eigenvalue weighted by atomic mass is 16.6. The molecule has 0 saturated carbocycles. The van der Waals surface area contributed by atoms with Gasteiger partial charge in [-0.15, -0.1) is 0 Å². The van der Waals surface area contributed by atoms with Crippen molar-refractivity contribution in [3.63, 3.8) is 0 Å². The minimum absolute atomic E-state index is 0.0366. The van der Waals surface area contributed by atoms with Crippen LogP contribution in [0.25, 0.3) is 0 Å². The molecule has 0 aromatic heterocycles. The van der Waals surface area contributed by atoms with E-state index in [1.807, 2.05) is 0 Å². The quantitative estimate of drug-likeness (QED) is 0.676. The van der Waals surface area contributed by atoms with Gasteiger partial charge in [-0.1, -0.05) is 6.92 Å². The SMILES string of the molecule is CCC(O)CC(NC(=O)OC(C)(C)C)C(=O)O. The van der Waals surface area contributed by atoms with Crippen LogP contribution in [-0.4, -0.2) is 40.0 Å². The molecule has 0 aromatic carbocycles. The number of nitrogens with one attached hydrogen (secondary N) is 1. The van der Waals surface area contributed by atoms with Crippen molar-refractivity contribution in [1.29, 1.82) is 0 Å². The van der Waals surface area contributed by atoms with E-state index in [9.17, 15) is 14.7 Å². The maximum absolute atomic E-state index is 11.4. The smallest absolute Gasteiger partial charge is 0.408 e. The lowest BCUT2D eigenvalue weighted by Crippen LogP contribution is -2.45. The zero-order valence-electron chi connectivity index (χ0n) is 10.7. The van der Waals surface area contributed by atoms with E-state index in [1.165, 1.54) is 0 Å². The van der Waals surface area contributed by atoms with Crippen molar-refractivity contribution in [1.82, 2.24) is 5.32 Å². The van der Waals surface area contributed by atoms with E-state index in [-0.39, 0.29) is 6.42 Å². The fourth-order valence-corrected chi connectivity index (χ4v) is 1.11. The number of carboxylic acid groups (broad SMARTS) is 1. The molecule has 0 fully saturated rings. The number of ether oxygens (including phenoxy) is 1. The van der Waals surface area contributed by atoms with Crippen molar-refractivity contribution in [3.05, 3.63) is 0 Å². The van der Waals surface area contributed by atoms with Crippen LogP contribution in [0.5, 0.6) is 0 Å². The molecule has 0 aliphatic carbocycles. The van der Waals surface area contributed by atoms with Gasteiger partial charge in [0.15, 0.2) is 0 Å². The van der Waals surface area contributed by atoms with E-state index in [0.29, 0.717) is 6.42 Å². The highest BCUT2D eigenvalue weighted by Gasteiger charge is 2.25. The van der Waals surface area contributed by atoms with Crippen LogP contribution in [0.4, 0.5) is 4.79 Å². The molecule has 0 heterocycles. The topological polar surface area (TPSA) is 95.9 Å². The first-order valence-electron chi connectivity index (χ1n) is 5.56. The maximum Gasteiger partial charge on any atom is 0.408 e. The number of aliphatic hydroxyl groups is 1. The third-order valence-electron chi connectivity index (χ3n) is 1.97. The van der Waals surface area contributed by atoms with Crippen molar-refractivity contribution < 1.29 is 24.5 Å². The minimum Gasteiger partial charge on any atom is -0.480 e. The summed E-state index contributed by atoms with van der Waals surface area (Å²) in [6.45, 7) is 6.78. The van der Waals surface area contributed by atoms with Gasteiger partial charge in [0.05, 0.1) is 6.10 Å². The summed E-state index contributed by atoms with van der Waals surface area (Å²) in [5.41, 5.74) is -0.684. The van der Waals surface area contributed by atoms with Crippen LogP contribution in [0.3, 0.4) is 0 Å². The average Bonchev–Trinajstić information content (AvgIpc) is 2.13. The Hall–Kier alpha value is -1.30. The molecule has 2 atom stereocenters.